The van der Waals surface area contributed by atoms with Gasteiger partial charge in [0, 0.05) is 0 Å². The first-order chi connectivity index (χ1) is 18.5. The molecule has 1 aliphatic rings. The summed E-state index contributed by atoms with van der Waals surface area (Å²) >= 11 is 0. The number of alkyl halides is 1. The number of aryl methyl sites for hydroxylation is 1. The maximum Gasteiger partial charge on any atom is 0.340 e. The molecule has 0 saturated carbocycles. The number of nitrogens with one attached hydrogen (secondary N) is 1. The number of hydrogen-bond donors (Lipinski definition) is 2. The fourth-order valence-corrected chi connectivity index (χ4v) is 5.23. The van der Waals surface area contributed by atoms with Crippen molar-refractivity contribution in [3.05, 3.63) is 76.6 Å². The highest BCUT2D eigenvalue weighted by atomic mass is 28.2. The van der Waals surface area contributed by atoms with Gasteiger partial charge in [-0.25, -0.2) is 22.4 Å². The third kappa shape index (κ3) is 5.44. The average molecular weight is 577 g/mol. The Labute approximate surface area is 233 Å². The third-order valence-electron chi connectivity index (χ3n) is 6.56. The van der Waals surface area contributed by atoms with Gasteiger partial charge in [-0.2, -0.15) is 0 Å². The molecule has 1 amide bonds. The smallest absolute Gasteiger partial charge is 0.340 e. The Morgan fingerprint density at radius 1 is 1.05 bits per heavy atom. The van der Waals surface area contributed by atoms with Crippen molar-refractivity contribution in [2.75, 3.05) is 18.2 Å². The molecule has 0 heterocycles. The van der Waals surface area contributed by atoms with Crippen LogP contribution in [0.2, 0.25) is 5.04 Å². The normalized spacial score (nSPS) is 20.0. The number of benzene rings is 2. The Morgan fingerprint density at radius 2 is 1.65 bits per heavy atom. The van der Waals surface area contributed by atoms with E-state index in [2.05, 4.69) is 5.32 Å². The van der Waals surface area contributed by atoms with Gasteiger partial charge in [-0.1, -0.05) is 51.1 Å². The molecule has 2 radical (unpaired) electrons. The van der Waals surface area contributed by atoms with Gasteiger partial charge in [0.15, 0.2) is 23.2 Å². The van der Waals surface area contributed by atoms with Crippen LogP contribution in [0.5, 0.6) is 0 Å². The van der Waals surface area contributed by atoms with E-state index in [1.54, 1.807) is 33.8 Å². The molecular weight excluding hydrogens is 544 g/mol. The van der Waals surface area contributed by atoms with Gasteiger partial charge in [-0.05, 0) is 49.1 Å². The van der Waals surface area contributed by atoms with Gasteiger partial charge in [0.25, 0.3) is 0 Å². The maximum atomic E-state index is 16.5. The zero-order chi connectivity index (χ0) is 30.2. The SMILES string of the molecule is COC(=O)c1cc(C)cc(NC(=O)C2(C(C)(C)O[Si]C(C)(C)C)C(F)=C(F)C(c3ccccc3)=C(F)C2F)c1N. The quantitative estimate of drug-likeness (QED) is 0.164. The topological polar surface area (TPSA) is 90.6 Å². The largest absolute Gasteiger partial charge is 0.465 e. The van der Waals surface area contributed by atoms with Gasteiger partial charge < -0.3 is 20.2 Å². The van der Waals surface area contributed by atoms with Crippen molar-refractivity contribution in [1.29, 1.82) is 0 Å². The molecule has 6 nitrogen and oxygen atoms in total. The lowest BCUT2D eigenvalue weighted by Crippen LogP contribution is -2.61. The Kier molecular flexibility index (Phi) is 8.71. The highest BCUT2D eigenvalue weighted by molar-refractivity contribution is 6.32. The van der Waals surface area contributed by atoms with E-state index in [1.807, 2.05) is 0 Å². The molecule has 0 spiro atoms. The van der Waals surface area contributed by atoms with Crippen LogP contribution in [-0.2, 0) is 14.0 Å². The van der Waals surface area contributed by atoms with Crippen LogP contribution >= 0.6 is 0 Å². The van der Waals surface area contributed by atoms with Gasteiger partial charge in [0.1, 0.15) is 5.83 Å². The number of allylic oxidation sites excluding steroid dienone is 3. The van der Waals surface area contributed by atoms with Gasteiger partial charge in [0.2, 0.25) is 15.7 Å². The molecule has 0 fully saturated rings. The monoisotopic (exact) mass is 576 g/mol. The van der Waals surface area contributed by atoms with Crippen molar-refractivity contribution < 1.29 is 36.3 Å². The molecule has 1 aliphatic carbocycles. The summed E-state index contributed by atoms with van der Waals surface area (Å²) in [5.41, 5.74) is -0.328. The minimum Gasteiger partial charge on any atom is -0.465 e. The lowest BCUT2D eigenvalue weighted by molar-refractivity contribution is -0.143. The van der Waals surface area contributed by atoms with Gasteiger partial charge in [-0.3, -0.25) is 4.79 Å². The number of nitrogen functional groups attached to an aromatic ring is 1. The minimum atomic E-state index is -3.15. The molecule has 11 heteroatoms. The summed E-state index contributed by atoms with van der Waals surface area (Å²) < 4.78 is 75.1. The van der Waals surface area contributed by atoms with Crippen molar-refractivity contribution in [2.45, 2.75) is 58.4 Å². The predicted octanol–water partition coefficient (Wildman–Crippen LogP) is 6.80. The molecule has 40 heavy (non-hydrogen) atoms. The standard InChI is InChI=1S/C29H32F4N2O4Si/c1-15-13-17(25(36)38-7)22(34)18(14-15)35-26(37)29(28(5,6)39-40-27(2,3)4)23(32)20(30)19(21(31)24(29)33)16-11-9-8-10-12-16/h8-14,23H,34H2,1-7H3,(H,35,37). The van der Waals surface area contributed by atoms with Gasteiger partial charge >= 0.3 is 5.97 Å². The molecule has 3 rings (SSSR count). The van der Waals surface area contributed by atoms with Crippen LogP contribution < -0.4 is 11.1 Å². The average Bonchev–Trinajstić information content (AvgIpc) is 2.88. The molecule has 214 valence electrons. The van der Waals surface area contributed by atoms with E-state index in [1.165, 1.54) is 50.2 Å². The number of rotatable bonds is 7. The fourth-order valence-electron chi connectivity index (χ4n) is 4.50. The summed E-state index contributed by atoms with van der Waals surface area (Å²) in [6.45, 7) is 9.37. The highest BCUT2D eigenvalue weighted by Gasteiger charge is 2.66. The summed E-state index contributed by atoms with van der Waals surface area (Å²) in [6, 6.07) is 9.84. The zero-order valence-electron chi connectivity index (χ0n) is 23.3. The van der Waals surface area contributed by atoms with E-state index in [0.29, 0.717) is 5.56 Å². The van der Waals surface area contributed by atoms with Gasteiger partial charge in [-0.15, -0.1) is 0 Å². The summed E-state index contributed by atoms with van der Waals surface area (Å²) in [6.07, 6.45) is -2.99. The molecule has 2 atom stereocenters. The van der Waals surface area contributed by atoms with E-state index in [0.717, 1.165) is 7.11 Å². The van der Waals surface area contributed by atoms with Crippen LogP contribution in [-0.4, -0.2) is 40.5 Å². The van der Waals surface area contributed by atoms with E-state index in [9.17, 15) is 9.59 Å². The number of ether oxygens (including phenoxy) is 1. The van der Waals surface area contributed by atoms with Gasteiger partial charge in [0.05, 0.1) is 35.2 Å². The van der Waals surface area contributed by atoms with Crippen molar-refractivity contribution >= 4 is 38.6 Å². The zero-order valence-corrected chi connectivity index (χ0v) is 24.3. The van der Waals surface area contributed by atoms with Crippen molar-refractivity contribution in [2.24, 2.45) is 5.41 Å². The van der Waals surface area contributed by atoms with Crippen molar-refractivity contribution in [1.82, 2.24) is 0 Å². The number of carbonyl (C=O) groups excluding carboxylic acids is 2. The second-order valence-corrected chi connectivity index (χ2v) is 13.0. The number of anilines is 2. The van der Waals surface area contributed by atoms with E-state index in [-0.39, 0.29) is 22.5 Å². The number of nitrogens with two attached hydrogens (primary N) is 1. The van der Waals surface area contributed by atoms with Crippen molar-refractivity contribution in [3.8, 4) is 0 Å². The first-order valence-electron chi connectivity index (χ1n) is 12.4. The Balaban J connectivity index is 2.26. The summed E-state index contributed by atoms with van der Waals surface area (Å²) in [4.78, 5) is 26.2. The first kappa shape index (κ1) is 31.1. The number of methoxy groups -OCH3 is 1. The van der Waals surface area contributed by atoms with Crippen LogP contribution in [0, 0.1) is 12.3 Å². The van der Waals surface area contributed by atoms with Crippen LogP contribution in [0.25, 0.3) is 5.57 Å². The lowest BCUT2D eigenvalue weighted by Gasteiger charge is -2.47. The fraction of sp³-hybridized carbons (Fsp3) is 0.379. The Morgan fingerprint density at radius 3 is 2.20 bits per heavy atom. The molecule has 2 unspecified atom stereocenters. The minimum absolute atomic E-state index is 0.106. The molecular formula is C29H32F4N2O4Si. The molecule has 2 aromatic carbocycles. The summed E-state index contributed by atoms with van der Waals surface area (Å²) in [5.74, 6) is -7.49. The van der Waals surface area contributed by atoms with E-state index in [4.69, 9.17) is 14.9 Å². The molecule has 0 saturated heterocycles. The number of hydrogen-bond acceptors (Lipinski definition) is 5. The Hall–Kier alpha value is -3.44. The number of halogens is 4. The van der Waals surface area contributed by atoms with Crippen molar-refractivity contribution in [3.63, 3.8) is 0 Å². The first-order valence-corrected chi connectivity index (χ1v) is 13.3. The van der Waals surface area contributed by atoms with Crippen LogP contribution in [0.3, 0.4) is 0 Å². The Bertz CT molecular complexity index is 1390. The van der Waals surface area contributed by atoms with Crippen LogP contribution in [0.15, 0.2) is 59.9 Å². The second kappa shape index (κ2) is 11.2. The highest BCUT2D eigenvalue weighted by Crippen LogP contribution is 2.57. The predicted molar refractivity (Wildman–Crippen MR) is 147 cm³/mol. The molecule has 0 bridgehead atoms. The number of amides is 1. The van der Waals surface area contributed by atoms with Crippen LogP contribution in [0.1, 0.15) is 56.1 Å². The molecule has 0 aromatic heterocycles. The second-order valence-electron chi connectivity index (χ2n) is 11.1. The molecule has 3 N–H and O–H groups in total. The maximum absolute atomic E-state index is 16.5. The number of esters is 1. The lowest BCUT2D eigenvalue weighted by atomic mass is 9.64. The molecule has 2 aromatic rings. The van der Waals surface area contributed by atoms with E-state index < -0.39 is 66.9 Å². The van der Waals surface area contributed by atoms with Crippen LogP contribution in [0.4, 0.5) is 28.9 Å². The third-order valence-corrected chi connectivity index (χ3v) is 7.79. The van der Waals surface area contributed by atoms with E-state index >= 15 is 17.6 Å². The summed E-state index contributed by atoms with van der Waals surface area (Å²) in [7, 11) is 0.727. The summed E-state index contributed by atoms with van der Waals surface area (Å²) in [5, 5.41) is 1.82. The molecule has 0 aliphatic heterocycles. The number of carbonyl (C=O) groups is 2.